The van der Waals surface area contributed by atoms with Crippen molar-refractivity contribution >= 4 is 5.69 Å². The number of nitro groups is 1. The lowest BCUT2D eigenvalue weighted by Crippen LogP contribution is -2.38. The molecule has 0 atom stereocenters. The molecule has 1 aromatic heterocycles. The number of hydrogen-bond acceptors (Lipinski definition) is 6. The Balaban J connectivity index is 2.25. The number of rotatable bonds is 9. The van der Waals surface area contributed by atoms with Crippen LogP contribution in [0.25, 0.3) is 0 Å². The second-order valence-electron chi connectivity index (χ2n) is 7.13. The quantitative estimate of drug-likeness (QED) is 0.547. The van der Waals surface area contributed by atoms with Gasteiger partial charge in [0.05, 0.1) is 12.0 Å². The lowest BCUT2D eigenvalue weighted by Gasteiger charge is -2.32. The van der Waals surface area contributed by atoms with Gasteiger partial charge in [0, 0.05) is 38.1 Å². The molecule has 7 nitrogen and oxygen atoms in total. The average molecular weight is 358 g/mol. The monoisotopic (exact) mass is 358 g/mol. The third-order valence-corrected chi connectivity index (χ3v) is 4.21. The zero-order valence-electron chi connectivity index (χ0n) is 15.5. The van der Waals surface area contributed by atoms with Gasteiger partial charge in [0.25, 0.3) is 0 Å². The zero-order chi connectivity index (χ0) is 19.2. The van der Waals surface area contributed by atoms with Crippen LogP contribution in [-0.2, 0) is 13.1 Å². The molecule has 0 aliphatic carbocycles. The molecule has 0 amide bonds. The van der Waals surface area contributed by atoms with Crippen LogP contribution in [0, 0.1) is 15.5 Å². The van der Waals surface area contributed by atoms with Crippen molar-refractivity contribution in [2.45, 2.75) is 26.9 Å². The largest absolute Gasteiger partial charge is 0.490 e. The number of benzene rings is 1. The van der Waals surface area contributed by atoms with E-state index in [-0.39, 0.29) is 16.9 Å². The third kappa shape index (κ3) is 5.50. The fourth-order valence-electron chi connectivity index (χ4n) is 2.82. The summed E-state index contributed by atoms with van der Waals surface area (Å²) in [5.74, 6) is 0.265. The van der Waals surface area contributed by atoms with Crippen LogP contribution < -0.4 is 10.5 Å². The minimum Gasteiger partial charge on any atom is -0.490 e. The first kappa shape index (κ1) is 19.8. The summed E-state index contributed by atoms with van der Waals surface area (Å²) in [7, 11) is 1.43. The predicted octanol–water partition coefficient (Wildman–Crippen LogP) is 2.99. The molecular formula is C19H26N4O3. The van der Waals surface area contributed by atoms with Gasteiger partial charge in [0.15, 0.2) is 5.75 Å². The molecule has 26 heavy (non-hydrogen) atoms. The molecule has 7 heteroatoms. The molecule has 0 unspecified atom stereocenters. The van der Waals surface area contributed by atoms with Gasteiger partial charge in [-0.25, -0.2) is 0 Å². The molecule has 1 heterocycles. The van der Waals surface area contributed by atoms with Crippen molar-refractivity contribution in [3.05, 3.63) is 64.0 Å². The van der Waals surface area contributed by atoms with E-state index in [1.54, 1.807) is 24.5 Å². The van der Waals surface area contributed by atoms with Crippen LogP contribution in [0.4, 0.5) is 5.69 Å². The highest BCUT2D eigenvalue weighted by molar-refractivity contribution is 5.48. The molecule has 1 aromatic carbocycles. The van der Waals surface area contributed by atoms with E-state index in [9.17, 15) is 10.1 Å². The van der Waals surface area contributed by atoms with Crippen molar-refractivity contribution in [1.82, 2.24) is 9.88 Å². The maximum absolute atomic E-state index is 11.3. The molecule has 0 radical (unpaired) electrons. The second-order valence-corrected chi connectivity index (χ2v) is 7.13. The van der Waals surface area contributed by atoms with Crippen molar-refractivity contribution in [2.24, 2.45) is 11.1 Å². The van der Waals surface area contributed by atoms with Crippen LogP contribution in [-0.4, -0.2) is 35.0 Å². The van der Waals surface area contributed by atoms with E-state index in [0.717, 1.165) is 17.7 Å². The molecule has 140 valence electrons. The number of methoxy groups -OCH3 is 1. The highest BCUT2D eigenvalue weighted by Gasteiger charge is 2.22. The number of pyridine rings is 1. The van der Waals surface area contributed by atoms with Crippen molar-refractivity contribution < 1.29 is 9.66 Å². The highest BCUT2D eigenvalue weighted by Crippen LogP contribution is 2.28. The molecule has 2 rings (SSSR count). The van der Waals surface area contributed by atoms with Crippen molar-refractivity contribution in [1.29, 1.82) is 0 Å². The molecule has 0 bridgehead atoms. The Hall–Kier alpha value is -2.51. The van der Waals surface area contributed by atoms with Crippen LogP contribution in [0.2, 0.25) is 0 Å². The summed E-state index contributed by atoms with van der Waals surface area (Å²) in [6, 6.07) is 9.03. The standard InChI is InChI=1S/C19H26N4O3/c1-19(2,13-20)14-22(11-15-6-8-21-9-7-15)12-16-4-5-18(26-3)17(10-16)23(24)25/h4-10H,11-14,20H2,1-3H3. The number of nitro benzene ring substituents is 1. The smallest absolute Gasteiger partial charge is 0.311 e. The molecular weight excluding hydrogens is 332 g/mol. The summed E-state index contributed by atoms with van der Waals surface area (Å²) in [6.07, 6.45) is 3.53. The fraction of sp³-hybridized carbons (Fsp3) is 0.421. The number of ether oxygens (including phenoxy) is 1. The van der Waals surface area contributed by atoms with Gasteiger partial charge in [-0.2, -0.15) is 0 Å². The lowest BCUT2D eigenvalue weighted by molar-refractivity contribution is -0.385. The normalized spacial score (nSPS) is 11.6. The van der Waals surface area contributed by atoms with Crippen LogP contribution in [0.15, 0.2) is 42.7 Å². The third-order valence-electron chi connectivity index (χ3n) is 4.21. The van der Waals surface area contributed by atoms with E-state index in [0.29, 0.717) is 19.6 Å². The summed E-state index contributed by atoms with van der Waals surface area (Å²) in [5, 5.41) is 11.3. The Labute approximate surface area is 153 Å². The van der Waals surface area contributed by atoms with Gasteiger partial charge in [0.1, 0.15) is 0 Å². The lowest BCUT2D eigenvalue weighted by atomic mass is 9.92. The van der Waals surface area contributed by atoms with E-state index >= 15 is 0 Å². The summed E-state index contributed by atoms with van der Waals surface area (Å²) < 4.78 is 5.08. The predicted molar refractivity (Wildman–Crippen MR) is 101 cm³/mol. The second kappa shape index (κ2) is 8.73. The van der Waals surface area contributed by atoms with Gasteiger partial charge in [-0.3, -0.25) is 20.0 Å². The Morgan fingerprint density at radius 2 is 1.85 bits per heavy atom. The van der Waals surface area contributed by atoms with E-state index < -0.39 is 4.92 Å². The topological polar surface area (TPSA) is 94.5 Å². The molecule has 2 N–H and O–H groups in total. The minimum atomic E-state index is -0.417. The average Bonchev–Trinajstić information content (AvgIpc) is 2.62. The number of aromatic nitrogens is 1. The minimum absolute atomic E-state index is 0.0213. The number of hydrogen-bond donors (Lipinski definition) is 1. The van der Waals surface area contributed by atoms with Gasteiger partial charge < -0.3 is 10.5 Å². The van der Waals surface area contributed by atoms with Gasteiger partial charge in [0.2, 0.25) is 0 Å². The number of nitrogens with two attached hydrogens (primary N) is 1. The molecule has 0 fully saturated rings. The molecule has 0 aliphatic heterocycles. The van der Waals surface area contributed by atoms with Crippen LogP contribution in [0.3, 0.4) is 0 Å². The molecule has 0 spiro atoms. The van der Waals surface area contributed by atoms with Crippen LogP contribution >= 0.6 is 0 Å². The first-order valence-corrected chi connectivity index (χ1v) is 8.47. The Kier molecular flexibility index (Phi) is 6.65. The Morgan fingerprint density at radius 1 is 1.19 bits per heavy atom. The zero-order valence-corrected chi connectivity index (χ0v) is 15.5. The summed E-state index contributed by atoms with van der Waals surface area (Å²) >= 11 is 0. The van der Waals surface area contributed by atoms with Gasteiger partial charge in [-0.15, -0.1) is 0 Å². The van der Waals surface area contributed by atoms with Crippen molar-refractivity contribution in [3.63, 3.8) is 0 Å². The molecule has 0 saturated heterocycles. The SMILES string of the molecule is COc1ccc(CN(Cc2ccncc2)CC(C)(C)CN)cc1[N+](=O)[O-]. The first-order chi connectivity index (χ1) is 12.3. The Morgan fingerprint density at radius 3 is 2.42 bits per heavy atom. The summed E-state index contributed by atoms with van der Waals surface area (Å²) in [6.45, 7) is 6.85. The molecule has 0 aliphatic rings. The van der Waals surface area contributed by atoms with Gasteiger partial charge >= 0.3 is 5.69 Å². The van der Waals surface area contributed by atoms with Crippen LogP contribution in [0.5, 0.6) is 5.75 Å². The Bertz CT molecular complexity index is 735. The number of nitrogens with zero attached hydrogens (tertiary/aromatic N) is 3. The van der Waals surface area contributed by atoms with Gasteiger partial charge in [-0.1, -0.05) is 19.9 Å². The van der Waals surface area contributed by atoms with Gasteiger partial charge in [-0.05, 0) is 41.3 Å². The fourth-order valence-corrected chi connectivity index (χ4v) is 2.82. The molecule has 2 aromatic rings. The van der Waals surface area contributed by atoms with Crippen molar-refractivity contribution in [3.8, 4) is 5.75 Å². The molecule has 0 saturated carbocycles. The van der Waals surface area contributed by atoms with E-state index in [2.05, 4.69) is 23.7 Å². The van der Waals surface area contributed by atoms with Crippen molar-refractivity contribution in [2.75, 3.05) is 20.2 Å². The highest BCUT2D eigenvalue weighted by atomic mass is 16.6. The first-order valence-electron chi connectivity index (χ1n) is 8.47. The summed E-state index contributed by atoms with van der Waals surface area (Å²) in [5.41, 5.74) is 7.81. The summed E-state index contributed by atoms with van der Waals surface area (Å²) in [4.78, 5) is 17.1. The van der Waals surface area contributed by atoms with E-state index in [1.807, 2.05) is 18.2 Å². The maximum atomic E-state index is 11.3. The maximum Gasteiger partial charge on any atom is 0.311 e. The van der Waals surface area contributed by atoms with E-state index in [4.69, 9.17) is 10.5 Å². The van der Waals surface area contributed by atoms with Crippen LogP contribution in [0.1, 0.15) is 25.0 Å². The van der Waals surface area contributed by atoms with E-state index in [1.165, 1.54) is 7.11 Å².